The first-order valence-corrected chi connectivity index (χ1v) is 14.2. The van der Waals surface area contributed by atoms with E-state index in [4.69, 9.17) is 4.74 Å². The van der Waals surface area contributed by atoms with Gasteiger partial charge in [0.15, 0.2) is 5.82 Å². The van der Waals surface area contributed by atoms with Gasteiger partial charge in [-0.3, -0.25) is 19.4 Å². The highest BCUT2D eigenvalue weighted by Gasteiger charge is 2.20. The van der Waals surface area contributed by atoms with E-state index in [9.17, 15) is 14.4 Å². The van der Waals surface area contributed by atoms with Crippen LogP contribution in [0.15, 0.2) is 71.8 Å². The zero-order chi connectivity index (χ0) is 30.7. The Hall–Kier alpha value is -4.83. The second-order valence-corrected chi connectivity index (χ2v) is 11.6. The minimum Gasteiger partial charge on any atom is -0.378 e. The standard InChI is InChI=1S/C33H36N6O4/c1-21-25(7-6-8-26(21)37-30(40)27-14-11-23(19-34-27)33(2,3)4)28-20-38(5)32(42)29(36-28)35-24-12-9-22(10-13-24)31(41)39-15-17-43-18-16-39/h6-14,19-20H,15-18H2,1-5H3,(H,35,36)(H,37,40). The molecule has 222 valence electrons. The van der Waals surface area contributed by atoms with Crippen LogP contribution in [0.25, 0.3) is 11.3 Å². The Kier molecular flexibility index (Phi) is 8.40. The van der Waals surface area contributed by atoms with E-state index >= 15 is 0 Å². The molecule has 1 aliphatic rings. The van der Waals surface area contributed by atoms with E-state index in [0.29, 0.717) is 54.6 Å². The number of carbonyl (C=O) groups is 2. The van der Waals surface area contributed by atoms with Crippen molar-refractivity contribution in [1.29, 1.82) is 0 Å². The van der Waals surface area contributed by atoms with Gasteiger partial charge >= 0.3 is 0 Å². The number of aromatic nitrogens is 3. The summed E-state index contributed by atoms with van der Waals surface area (Å²) in [5.74, 6) is -0.220. The summed E-state index contributed by atoms with van der Waals surface area (Å²) >= 11 is 0. The molecular formula is C33H36N6O4. The van der Waals surface area contributed by atoms with Crippen LogP contribution >= 0.6 is 0 Å². The van der Waals surface area contributed by atoms with Crippen LogP contribution in [0.1, 0.15) is 52.7 Å². The fraction of sp³-hybridized carbons (Fsp3) is 0.303. The topological polar surface area (TPSA) is 118 Å². The molecule has 0 unspecified atom stereocenters. The molecule has 1 saturated heterocycles. The summed E-state index contributed by atoms with van der Waals surface area (Å²) in [4.78, 5) is 49.6. The molecule has 43 heavy (non-hydrogen) atoms. The summed E-state index contributed by atoms with van der Waals surface area (Å²) in [7, 11) is 1.66. The molecule has 4 aromatic rings. The monoisotopic (exact) mass is 580 g/mol. The number of pyridine rings is 1. The van der Waals surface area contributed by atoms with Crippen LogP contribution in [0, 0.1) is 6.92 Å². The minimum atomic E-state index is -0.313. The Morgan fingerprint density at radius 3 is 2.35 bits per heavy atom. The molecule has 3 heterocycles. The van der Waals surface area contributed by atoms with Crippen molar-refractivity contribution in [2.45, 2.75) is 33.1 Å². The average Bonchev–Trinajstić information content (AvgIpc) is 3.00. The van der Waals surface area contributed by atoms with Gasteiger partial charge in [0.1, 0.15) is 5.69 Å². The first-order valence-electron chi connectivity index (χ1n) is 14.2. The number of morpholine rings is 1. The predicted molar refractivity (Wildman–Crippen MR) is 167 cm³/mol. The van der Waals surface area contributed by atoms with Crippen molar-refractivity contribution in [1.82, 2.24) is 19.4 Å². The van der Waals surface area contributed by atoms with Gasteiger partial charge in [-0.15, -0.1) is 0 Å². The third-order valence-corrected chi connectivity index (χ3v) is 7.48. The number of aryl methyl sites for hydroxylation is 1. The Balaban J connectivity index is 1.35. The maximum absolute atomic E-state index is 13.0. The van der Waals surface area contributed by atoms with Gasteiger partial charge in [0.05, 0.1) is 18.9 Å². The summed E-state index contributed by atoms with van der Waals surface area (Å²) in [5.41, 5.74) is 4.94. The molecule has 2 aromatic carbocycles. The maximum Gasteiger partial charge on any atom is 0.293 e. The number of benzene rings is 2. The summed E-state index contributed by atoms with van der Waals surface area (Å²) < 4.78 is 6.80. The van der Waals surface area contributed by atoms with Crippen LogP contribution in [0.3, 0.4) is 0 Å². The van der Waals surface area contributed by atoms with Crippen molar-refractivity contribution in [2.24, 2.45) is 7.05 Å². The normalized spacial score (nSPS) is 13.5. The third-order valence-electron chi connectivity index (χ3n) is 7.48. The highest BCUT2D eigenvalue weighted by atomic mass is 16.5. The Morgan fingerprint density at radius 1 is 0.977 bits per heavy atom. The Morgan fingerprint density at radius 2 is 1.70 bits per heavy atom. The SMILES string of the molecule is Cc1c(NC(=O)c2ccc(C(C)(C)C)cn2)cccc1-c1cn(C)c(=O)c(Nc2ccc(C(=O)N3CCOCC3)cc2)n1. The van der Waals surface area contributed by atoms with Gasteiger partial charge in [-0.2, -0.15) is 0 Å². The third kappa shape index (κ3) is 6.65. The van der Waals surface area contributed by atoms with Crippen LogP contribution < -0.4 is 16.2 Å². The smallest absolute Gasteiger partial charge is 0.293 e. The molecule has 0 aliphatic carbocycles. The summed E-state index contributed by atoms with van der Waals surface area (Å²) in [6, 6.07) is 16.2. The molecule has 1 fully saturated rings. The number of hydrogen-bond donors (Lipinski definition) is 2. The first-order chi connectivity index (χ1) is 20.5. The molecule has 2 N–H and O–H groups in total. The van der Waals surface area contributed by atoms with Gasteiger partial charge in [0.2, 0.25) is 0 Å². The van der Waals surface area contributed by atoms with Crippen molar-refractivity contribution in [3.05, 3.63) is 99.7 Å². The highest BCUT2D eigenvalue weighted by Crippen LogP contribution is 2.28. The molecule has 0 spiro atoms. The first kappa shape index (κ1) is 29.7. The van der Waals surface area contributed by atoms with Gasteiger partial charge in [-0.05, 0) is 59.9 Å². The molecule has 2 amide bonds. The molecule has 10 nitrogen and oxygen atoms in total. The number of amides is 2. The lowest BCUT2D eigenvalue weighted by atomic mass is 9.88. The molecule has 0 saturated carbocycles. The molecule has 1 aliphatic heterocycles. The van der Waals surface area contributed by atoms with E-state index < -0.39 is 0 Å². The van der Waals surface area contributed by atoms with Crippen molar-refractivity contribution >= 4 is 29.0 Å². The lowest BCUT2D eigenvalue weighted by Gasteiger charge is -2.26. The number of nitrogens with zero attached hydrogens (tertiary/aromatic N) is 4. The molecular weight excluding hydrogens is 544 g/mol. The summed E-state index contributed by atoms with van der Waals surface area (Å²) in [5, 5.41) is 6.07. The van der Waals surface area contributed by atoms with E-state index in [0.717, 1.165) is 16.7 Å². The maximum atomic E-state index is 13.0. The minimum absolute atomic E-state index is 0.0500. The van der Waals surface area contributed by atoms with E-state index in [2.05, 4.69) is 41.4 Å². The molecule has 0 bridgehead atoms. The lowest BCUT2D eigenvalue weighted by molar-refractivity contribution is 0.0303. The fourth-order valence-electron chi connectivity index (χ4n) is 4.81. The van der Waals surface area contributed by atoms with Crippen molar-refractivity contribution in [3.63, 3.8) is 0 Å². The zero-order valence-electron chi connectivity index (χ0n) is 25.1. The van der Waals surface area contributed by atoms with Gasteiger partial charge in [0, 0.05) is 55.0 Å². The van der Waals surface area contributed by atoms with Crippen LogP contribution in [0.2, 0.25) is 0 Å². The van der Waals surface area contributed by atoms with Gasteiger partial charge in [-0.25, -0.2) is 4.98 Å². The summed E-state index contributed by atoms with van der Waals surface area (Å²) in [6.07, 6.45) is 3.40. The van der Waals surface area contributed by atoms with Crippen molar-refractivity contribution in [3.8, 4) is 11.3 Å². The van der Waals surface area contributed by atoms with E-state index in [1.807, 2.05) is 31.2 Å². The summed E-state index contributed by atoms with van der Waals surface area (Å²) in [6.45, 7) is 10.4. The average molecular weight is 581 g/mol. The molecule has 0 radical (unpaired) electrons. The van der Waals surface area contributed by atoms with E-state index in [-0.39, 0.29) is 28.6 Å². The number of nitrogens with one attached hydrogen (secondary N) is 2. The molecule has 5 rings (SSSR count). The second kappa shape index (κ2) is 12.2. The Labute approximate surface area is 250 Å². The zero-order valence-corrected chi connectivity index (χ0v) is 25.1. The number of hydrogen-bond acceptors (Lipinski definition) is 7. The van der Waals surface area contributed by atoms with Crippen LogP contribution in [-0.2, 0) is 17.2 Å². The van der Waals surface area contributed by atoms with E-state index in [1.54, 1.807) is 54.7 Å². The second-order valence-electron chi connectivity index (χ2n) is 11.6. The number of anilines is 3. The van der Waals surface area contributed by atoms with Crippen molar-refractivity contribution in [2.75, 3.05) is 36.9 Å². The van der Waals surface area contributed by atoms with Gasteiger partial charge in [0.25, 0.3) is 17.4 Å². The van der Waals surface area contributed by atoms with Crippen molar-refractivity contribution < 1.29 is 14.3 Å². The fourth-order valence-corrected chi connectivity index (χ4v) is 4.81. The van der Waals surface area contributed by atoms with Crippen LogP contribution in [0.4, 0.5) is 17.2 Å². The molecule has 10 heteroatoms. The van der Waals surface area contributed by atoms with Crippen LogP contribution in [0.5, 0.6) is 0 Å². The molecule has 0 atom stereocenters. The van der Waals surface area contributed by atoms with E-state index in [1.165, 1.54) is 4.57 Å². The quantitative estimate of drug-likeness (QED) is 0.333. The highest BCUT2D eigenvalue weighted by molar-refractivity contribution is 6.03. The van der Waals surface area contributed by atoms with Crippen LogP contribution in [-0.4, -0.2) is 57.6 Å². The Bertz CT molecular complexity index is 1700. The number of ether oxygens (including phenoxy) is 1. The lowest BCUT2D eigenvalue weighted by Crippen LogP contribution is -2.40. The largest absolute Gasteiger partial charge is 0.378 e. The predicted octanol–water partition coefficient (Wildman–Crippen LogP) is 4.92. The molecule has 2 aromatic heterocycles. The number of carbonyl (C=O) groups excluding carboxylic acids is 2. The van der Waals surface area contributed by atoms with Gasteiger partial charge in [-0.1, -0.05) is 39.0 Å². The number of rotatable bonds is 6. The van der Waals surface area contributed by atoms with Gasteiger partial charge < -0.3 is 24.8 Å².